The SMILES string of the molecule is CC(C)(C)OC(=O)Nc1cccc(-c2ccc(/C=C3/C(=O)Nc4ccccc43)o2)c1.O=C1Nc2ccc(Cl)cc2/C1=C\c1ccc(-c2cccc(C(=O)N3CCCC(O)C3)c2)o1.O=C1Nc2ccc(Cl)cc2/C1=C\c1ccc(-c2cccc(C(=O)NCC(O)c3ccccc3)c2)o1.O=C1Nc2ccc(Cl)cc2/C1=C\c1ccc(-c2cccc(C(=O)NCCc3ccc(O)cc3)c2)o1. The number of nitrogens with one attached hydrogen (secondary N) is 7. The number of para-hydroxylation sites is 1. The lowest BCUT2D eigenvalue weighted by Gasteiger charge is -2.30. The largest absolute Gasteiger partial charge is 0.508 e. The summed E-state index contributed by atoms with van der Waals surface area (Å²) in [5.74, 6) is 3.28. The number of ether oxygens (including phenoxy) is 1. The molecule has 0 saturated carbocycles. The first kappa shape index (κ1) is 89.8. The van der Waals surface area contributed by atoms with E-state index in [1.54, 1.807) is 187 Å². The molecular weight excluding hydrogens is 1740 g/mol. The highest BCUT2D eigenvalue weighted by Gasteiger charge is 2.31. The van der Waals surface area contributed by atoms with Crippen molar-refractivity contribution in [1.82, 2.24) is 15.5 Å². The topological polar surface area (TPSA) is 346 Å². The molecule has 2 unspecified atom stereocenters. The maximum absolute atomic E-state index is 12.9. The van der Waals surface area contributed by atoms with E-state index in [-0.39, 0.29) is 53.6 Å². The number of likely N-dealkylation sites (tertiary alicyclic amines) is 1. The zero-order chi connectivity index (χ0) is 92.3. The third kappa shape index (κ3) is 22.0. The molecule has 9 heterocycles. The fourth-order valence-electron chi connectivity index (χ4n) is 15.2. The van der Waals surface area contributed by atoms with E-state index in [2.05, 4.69) is 37.2 Å². The first-order valence-corrected chi connectivity index (χ1v) is 43.3. The molecule has 662 valence electrons. The van der Waals surface area contributed by atoms with Gasteiger partial charge in [-0.25, -0.2) is 4.79 Å². The minimum atomic E-state index is -0.795. The van der Waals surface area contributed by atoms with Crippen molar-refractivity contribution >= 4 is 157 Å². The van der Waals surface area contributed by atoms with Crippen molar-refractivity contribution in [3.63, 3.8) is 0 Å². The number of phenolic OH excluding ortho intramolecular Hbond substituents is 1. The quantitative estimate of drug-likeness (QED) is 0.0357. The van der Waals surface area contributed by atoms with Gasteiger partial charge in [0.05, 0.1) is 34.5 Å². The van der Waals surface area contributed by atoms with Crippen molar-refractivity contribution in [2.75, 3.05) is 52.8 Å². The zero-order valence-corrected chi connectivity index (χ0v) is 73.5. The molecule has 24 nitrogen and oxygen atoms in total. The summed E-state index contributed by atoms with van der Waals surface area (Å²) in [4.78, 5) is 101. The van der Waals surface area contributed by atoms with Crippen molar-refractivity contribution in [3.05, 3.63) is 367 Å². The van der Waals surface area contributed by atoms with E-state index < -0.39 is 23.9 Å². The summed E-state index contributed by atoms with van der Waals surface area (Å²) in [6.07, 6.45) is 7.16. The summed E-state index contributed by atoms with van der Waals surface area (Å²) in [6.45, 7) is 7.00. The lowest BCUT2D eigenvalue weighted by molar-refractivity contribution is -0.111. The maximum atomic E-state index is 12.9. The van der Waals surface area contributed by atoms with Gasteiger partial charge in [0.15, 0.2) is 0 Å². The Bertz CT molecular complexity index is 6930. The van der Waals surface area contributed by atoms with E-state index in [0.717, 1.165) is 68.6 Å². The zero-order valence-electron chi connectivity index (χ0n) is 71.2. The molecule has 4 aromatic heterocycles. The number of fused-ring (bicyclic) bond motifs is 4. The summed E-state index contributed by atoms with van der Waals surface area (Å²) in [7, 11) is 0. The van der Waals surface area contributed by atoms with E-state index in [1.165, 1.54) is 0 Å². The fraction of sp³-hybridized carbons (Fsp3) is 0.124. The maximum Gasteiger partial charge on any atom is 0.412 e. The second-order valence-corrected chi connectivity index (χ2v) is 33.6. The van der Waals surface area contributed by atoms with Crippen LogP contribution in [0.4, 0.5) is 33.2 Å². The predicted molar refractivity (Wildman–Crippen MR) is 512 cm³/mol. The first-order chi connectivity index (χ1) is 63.7. The minimum Gasteiger partial charge on any atom is -0.508 e. The van der Waals surface area contributed by atoms with Crippen LogP contribution in [-0.4, -0.2) is 106 Å². The van der Waals surface area contributed by atoms with Crippen LogP contribution in [0.2, 0.25) is 15.1 Å². The Morgan fingerprint density at radius 3 is 1.33 bits per heavy atom. The van der Waals surface area contributed by atoms with Crippen LogP contribution < -0.4 is 37.2 Å². The van der Waals surface area contributed by atoms with Gasteiger partial charge in [-0.2, -0.15) is 0 Å². The van der Waals surface area contributed by atoms with Crippen LogP contribution in [-0.2, 0) is 30.3 Å². The van der Waals surface area contributed by atoms with Gasteiger partial charge in [-0.3, -0.25) is 38.9 Å². The number of rotatable bonds is 18. The molecule has 8 amide bonds. The number of aliphatic hydroxyl groups excluding tert-OH is 2. The third-order valence-electron chi connectivity index (χ3n) is 21.6. The standard InChI is InChI=1S/2C28H21ClN2O4.C25H21ClN2O4.C24H22N2O4/c29-20-6-10-25-23(15-20)24(28(34)31-25)16-22-9-11-26(35-22)18-2-1-3-19(14-18)27(33)30-13-12-17-4-7-21(32)8-5-17;29-20-9-11-24-22(14-20)23(28(34)31-24)15-21-10-12-26(35-21)18-7-4-8-19(13-18)27(33)30-16-25(32)17-5-2-1-3-6-17;26-17-6-8-22-20(12-17)21(24(30)27-22)13-19-7-9-23(32-19)15-3-1-4-16(11-15)25(31)28-10-2-5-18(29)14-28;1-24(2,3)30-23(28)25-16-8-6-7-15(13-16)21-12-11-17(29-21)14-19-18-9-4-5-10-20(18)26-22(19)27/h1-11,14-16,32H,12-13H2,(H,30,33)(H,31,34);1-15,25,32H,16H2,(H,30,33)(H,31,34);1,3-4,6-9,11-13,18,29H,2,5,10,14H2,(H,27,30);4-14H,1-3H3,(H,25,28)(H,26,27)/b24-16+;23-15+;21-13+;19-14+. The monoisotopic (exact) mass is 1820 g/mol. The summed E-state index contributed by atoms with van der Waals surface area (Å²) in [6, 6.07) is 82.4. The van der Waals surface area contributed by atoms with Crippen LogP contribution in [0.1, 0.15) is 127 Å². The van der Waals surface area contributed by atoms with Crippen LogP contribution >= 0.6 is 34.8 Å². The van der Waals surface area contributed by atoms with E-state index in [0.29, 0.717) is 155 Å². The molecule has 0 bridgehead atoms. The number of hydrogen-bond acceptors (Lipinski definition) is 16. The number of benzene rings is 10. The van der Waals surface area contributed by atoms with Crippen LogP contribution in [0, 0.1) is 0 Å². The summed E-state index contributed by atoms with van der Waals surface area (Å²) < 4.78 is 29.1. The summed E-state index contributed by atoms with van der Waals surface area (Å²) in [5, 5.41) is 50.9. The van der Waals surface area contributed by atoms with Crippen LogP contribution in [0.25, 0.3) is 91.9 Å². The Morgan fingerprint density at radius 1 is 0.462 bits per heavy atom. The molecule has 1 fully saturated rings. The number of carbonyl (C=O) groups excluding carboxylic acids is 8. The van der Waals surface area contributed by atoms with E-state index >= 15 is 0 Å². The Hall–Kier alpha value is -15.6. The van der Waals surface area contributed by atoms with Crippen LogP contribution in [0.15, 0.2) is 297 Å². The molecule has 2 atom stereocenters. The number of nitrogens with zero attached hydrogens (tertiary/aromatic N) is 1. The number of anilines is 5. The molecular formula is C105H85Cl3N8O16. The Labute approximate surface area is 772 Å². The van der Waals surface area contributed by atoms with Crippen molar-refractivity contribution < 1.29 is 76.1 Å². The van der Waals surface area contributed by atoms with E-state index in [9.17, 15) is 53.7 Å². The van der Waals surface area contributed by atoms with Crippen molar-refractivity contribution in [2.45, 2.75) is 57.8 Å². The number of hydrogen-bond donors (Lipinski definition) is 10. The molecule has 10 aromatic carbocycles. The number of aromatic hydroxyl groups is 1. The number of aliphatic hydroxyl groups is 2. The molecule has 19 rings (SSSR count). The van der Waals surface area contributed by atoms with Crippen molar-refractivity contribution in [3.8, 4) is 51.0 Å². The van der Waals surface area contributed by atoms with Crippen molar-refractivity contribution in [2.24, 2.45) is 0 Å². The van der Waals surface area contributed by atoms with Gasteiger partial charge in [-0.1, -0.05) is 144 Å². The number of furan rings is 4. The van der Waals surface area contributed by atoms with Crippen molar-refractivity contribution in [1.29, 1.82) is 0 Å². The average molecular weight is 1820 g/mol. The number of piperidine rings is 1. The molecule has 1 saturated heterocycles. The second kappa shape index (κ2) is 40.0. The minimum absolute atomic E-state index is 0.0963. The van der Waals surface area contributed by atoms with Gasteiger partial charge < -0.3 is 74.5 Å². The van der Waals surface area contributed by atoms with Crippen LogP contribution in [0.5, 0.6) is 5.75 Å². The Balaban J connectivity index is 0.000000129. The molecule has 14 aromatic rings. The molecule has 0 radical (unpaired) electrons. The number of amides is 8. The van der Waals surface area contributed by atoms with E-state index in [4.69, 9.17) is 57.2 Å². The van der Waals surface area contributed by atoms with Gasteiger partial charge in [0.25, 0.3) is 41.4 Å². The molecule has 0 spiro atoms. The number of carbonyl (C=O) groups is 8. The summed E-state index contributed by atoms with van der Waals surface area (Å²) in [5.41, 5.74) is 14.3. The highest BCUT2D eigenvalue weighted by atomic mass is 35.5. The lowest BCUT2D eigenvalue weighted by atomic mass is 10.0. The van der Waals surface area contributed by atoms with Gasteiger partial charge in [0.2, 0.25) is 0 Å². The first-order valence-electron chi connectivity index (χ1n) is 42.2. The van der Waals surface area contributed by atoms with Gasteiger partial charge >= 0.3 is 6.09 Å². The molecule has 5 aliphatic heterocycles. The second-order valence-electron chi connectivity index (χ2n) is 32.3. The lowest BCUT2D eigenvalue weighted by Crippen LogP contribution is -2.42. The third-order valence-corrected chi connectivity index (χ3v) is 22.3. The fourth-order valence-corrected chi connectivity index (χ4v) is 15.7. The van der Waals surface area contributed by atoms with Gasteiger partial charge in [0, 0.05) is 131 Å². The van der Waals surface area contributed by atoms with Gasteiger partial charge in [-0.15, -0.1) is 0 Å². The van der Waals surface area contributed by atoms with E-state index in [1.807, 2.05) is 142 Å². The molecule has 5 aliphatic rings. The van der Waals surface area contributed by atoms with Gasteiger partial charge in [0.1, 0.15) is 57.4 Å². The average Bonchev–Trinajstić information content (AvgIpc) is 1.65. The molecule has 132 heavy (non-hydrogen) atoms. The highest BCUT2D eigenvalue weighted by molar-refractivity contribution is 6.39. The Morgan fingerprint density at radius 2 is 0.871 bits per heavy atom. The number of β-amino-alcohol motifs (C(OH)–C–C–N with tert-alkyl or cyclic N) is 1. The van der Waals surface area contributed by atoms with Gasteiger partial charge in [-0.05, 0) is 245 Å². The highest BCUT2D eigenvalue weighted by Crippen LogP contribution is 2.41. The molecule has 0 aliphatic carbocycles. The van der Waals surface area contributed by atoms with Crippen LogP contribution in [0.3, 0.4) is 0 Å². The summed E-state index contributed by atoms with van der Waals surface area (Å²) >= 11 is 18.3. The molecule has 10 N–H and O–H groups in total. The normalized spacial score (nSPS) is 15.3. The predicted octanol–water partition coefficient (Wildman–Crippen LogP) is 21.8. The number of halogens is 3. The number of phenols is 1. The Kier molecular flexibility index (Phi) is 27.2. The molecule has 27 heteroatoms. The smallest absolute Gasteiger partial charge is 0.412 e.